The molecule has 2 aliphatic rings. The lowest BCUT2D eigenvalue weighted by Gasteiger charge is -2.26. The number of carbonyl (C=O) groups excluding carboxylic acids is 1. The molecule has 1 aliphatic heterocycles. The number of hydrogen-bond donors (Lipinski definition) is 1. The van der Waals surface area contributed by atoms with Gasteiger partial charge in [0.15, 0.2) is 0 Å². The van der Waals surface area contributed by atoms with Crippen molar-refractivity contribution in [2.24, 2.45) is 5.92 Å². The van der Waals surface area contributed by atoms with Gasteiger partial charge in [0.1, 0.15) is 12.4 Å². The average molecular weight is 393 g/mol. The SMILES string of the molecule is C=C(CNC1CCN(C(=O)C2CCCCC2)C1)COc1cccc2ccccc12. The van der Waals surface area contributed by atoms with Crippen LogP contribution in [0, 0.1) is 5.92 Å². The van der Waals surface area contributed by atoms with Crippen LogP contribution in [0.15, 0.2) is 54.6 Å². The minimum absolute atomic E-state index is 0.270. The Kier molecular flexibility index (Phi) is 6.50. The lowest BCUT2D eigenvalue weighted by Crippen LogP contribution is -2.39. The smallest absolute Gasteiger partial charge is 0.225 e. The summed E-state index contributed by atoms with van der Waals surface area (Å²) in [5.41, 5.74) is 1.02. The second-order valence-corrected chi connectivity index (χ2v) is 8.50. The van der Waals surface area contributed by atoms with E-state index >= 15 is 0 Å². The fourth-order valence-corrected chi connectivity index (χ4v) is 4.58. The first-order valence-electron chi connectivity index (χ1n) is 11.0. The first-order chi connectivity index (χ1) is 14.2. The third kappa shape index (κ3) is 4.99. The first-order valence-corrected chi connectivity index (χ1v) is 11.0. The Bertz CT molecular complexity index is 852. The summed E-state index contributed by atoms with van der Waals surface area (Å²) in [6.45, 7) is 7.10. The third-order valence-electron chi connectivity index (χ3n) is 6.28. The summed E-state index contributed by atoms with van der Waals surface area (Å²) < 4.78 is 6.03. The quantitative estimate of drug-likeness (QED) is 0.703. The van der Waals surface area contributed by atoms with E-state index < -0.39 is 0 Å². The number of rotatable bonds is 7. The second kappa shape index (κ2) is 9.45. The number of likely N-dealkylation sites (tertiary alicyclic amines) is 1. The zero-order chi connectivity index (χ0) is 20.1. The van der Waals surface area contributed by atoms with Gasteiger partial charge in [-0.05, 0) is 36.3 Å². The molecule has 1 atom stereocenters. The monoisotopic (exact) mass is 392 g/mol. The molecule has 1 saturated carbocycles. The van der Waals surface area contributed by atoms with Crippen molar-refractivity contribution in [3.05, 3.63) is 54.6 Å². The summed E-state index contributed by atoms with van der Waals surface area (Å²) in [4.78, 5) is 14.8. The molecule has 154 valence electrons. The number of ether oxygens (including phenoxy) is 1. The van der Waals surface area contributed by atoms with Gasteiger partial charge in [-0.1, -0.05) is 62.2 Å². The van der Waals surface area contributed by atoms with Crippen molar-refractivity contribution in [3.8, 4) is 5.75 Å². The van der Waals surface area contributed by atoms with Crippen molar-refractivity contribution < 1.29 is 9.53 Å². The van der Waals surface area contributed by atoms with E-state index in [0.717, 1.165) is 55.6 Å². The Hall–Kier alpha value is -2.33. The minimum atomic E-state index is 0.270. The predicted molar refractivity (Wildman–Crippen MR) is 118 cm³/mol. The highest BCUT2D eigenvalue weighted by Gasteiger charge is 2.31. The molecular formula is C25H32N2O2. The van der Waals surface area contributed by atoms with Gasteiger partial charge in [-0.3, -0.25) is 4.79 Å². The molecule has 4 heteroatoms. The van der Waals surface area contributed by atoms with Crippen LogP contribution in [0.2, 0.25) is 0 Å². The number of carbonyl (C=O) groups is 1. The molecule has 0 radical (unpaired) electrons. The van der Waals surface area contributed by atoms with Crippen LogP contribution >= 0.6 is 0 Å². The Morgan fingerprint density at radius 2 is 1.86 bits per heavy atom. The molecule has 2 aromatic rings. The molecule has 4 nitrogen and oxygen atoms in total. The molecule has 2 fully saturated rings. The van der Waals surface area contributed by atoms with Gasteiger partial charge in [-0.15, -0.1) is 0 Å². The topological polar surface area (TPSA) is 41.6 Å². The molecule has 1 heterocycles. The van der Waals surface area contributed by atoms with Crippen LogP contribution in [0.25, 0.3) is 10.8 Å². The minimum Gasteiger partial charge on any atom is -0.489 e. The number of hydrogen-bond acceptors (Lipinski definition) is 3. The van der Waals surface area contributed by atoms with E-state index in [0.29, 0.717) is 18.6 Å². The highest BCUT2D eigenvalue weighted by atomic mass is 16.5. The maximum atomic E-state index is 12.7. The predicted octanol–water partition coefficient (Wildman–Crippen LogP) is 4.55. The number of amides is 1. The van der Waals surface area contributed by atoms with E-state index in [4.69, 9.17) is 4.74 Å². The highest BCUT2D eigenvalue weighted by Crippen LogP contribution is 2.27. The van der Waals surface area contributed by atoms with E-state index in [1.165, 1.54) is 24.6 Å². The Balaban J connectivity index is 1.21. The lowest BCUT2D eigenvalue weighted by atomic mass is 9.88. The van der Waals surface area contributed by atoms with Crippen LogP contribution in [0.3, 0.4) is 0 Å². The maximum absolute atomic E-state index is 12.7. The maximum Gasteiger partial charge on any atom is 0.225 e. The number of nitrogens with zero attached hydrogens (tertiary/aromatic N) is 1. The van der Waals surface area contributed by atoms with E-state index in [9.17, 15) is 4.79 Å². The molecular weight excluding hydrogens is 360 g/mol. The second-order valence-electron chi connectivity index (χ2n) is 8.50. The first kappa shape index (κ1) is 20.0. The Morgan fingerprint density at radius 1 is 1.07 bits per heavy atom. The van der Waals surface area contributed by atoms with Crippen LogP contribution in [-0.4, -0.2) is 43.1 Å². The normalized spacial score (nSPS) is 20.1. The third-order valence-corrected chi connectivity index (χ3v) is 6.28. The molecule has 1 aliphatic carbocycles. The molecule has 1 N–H and O–H groups in total. The Morgan fingerprint density at radius 3 is 2.72 bits per heavy atom. The van der Waals surface area contributed by atoms with Crippen molar-refractivity contribution >= 4 is 16.7 Å². The van der Waals surface area contributed by atoms with Crippen molar-refractivity contribution in [1.29, 1.82) is 0 Å². The van der Waals surface area contributed by atoms with Crippen LogP contribution in [0.1, 0.15) is 38.5 Å². The molecule has 4 rings (SSSR count). The van der Waals surface area contributed by atoms with Crippen LogP contribution < -0.4 is 10.1 Å². The van der Waals surface area contributed by atoms with E-state index in [-0.39, 0.29) is 5.92 Å². The summed E-state index contributed by atoms with van der Waals surface area (Å²) in [5, 5.41) is 5.88. The van der Waals surface area contributed by atoms with Gasteiger partial charge in [0, 0.05) is 37.0 Å². The number of fused-ring (bicyclic) bond motifs is 1. The van der Waals surface area contributed by atoms with Gasteiger partial charge >= 0.3 is 0 Å². The number of nitrogens with one attached hydrogen (secondary N) is 1. The van der Waals surface area contributed by atoms with E-state index in [1.807, 2.05) is 24.3 Å². The molecule has 1 saturated heterocycles. The zero-order valence-corrected chi connectivity index (χ0v) is 17.2. The summed E-state index contributed by atoms with van der Waals surface area (Å²) in [6, 6.07) is 14.7. The standard InChI is InChI=1S/C25H32N2O2/c1-19(18-29-24-13-7-11-20-8-5-6-12-23(20)24)16-26-22-14-15-27(17-22)25(28)21-9-3-2-4-10-21/h5-8,11-13,21-22,26H,1-4,9-10,14-18H2. The van der Waals surface area contributed by atoms with Crippen molar-refractivity contribution in [2.45, 2.75) is 44.6 Å². The van der Waals surface area contributed by atoms with Crippen LogP contribution in [0.5, 0.6) is 5.75 Å². The highest BCUT2D eigenvalue weighted by molar-refractivity contribution is 5.88. The zero-order valence-electron chi connectivity index (χ0n) is 17.2. The largest absolute Gasteiger partial charge is 0.489 e. The van der Waals surface area contributed by atoms with Crippen molar-refractivity contribution in [2.75, 3.05) is 26.2 Å². The molecule has 1 unspecified atom stereocenters. The summed E-state index contributed by atoms with van der Waals surface area (Å²) >= 11 is 0. The molecule has 0 bridgehead atoms. The molecule has 1 amide bonds. The molecule has 2 aromatic carbocycles. The molecule has 0 spiro atoms. The number of benzene rings is 2. The van der Waals surface area contributed by atoms with Crippen LogP contribution in [0.4, 0.5) is 0 Å². The van der Waals surface area contributed by atoms with Crippen molar-refractivity contribution in [3.63, 3.8) is 0 Å². The molecule has 0 aromatic heterocycles. The van der Waals surface area contributed by atoms with Crippen LogP contribution in [-0.2, 0) is 4.79 Å². The summed E-state index contributed by atoms with van der Waals surface area (Å²) in [6.07, 6.45) is 6.89. The van der Waals surface area contributed by atoms with Gasteiger partial charge in [0.25, 0.3) is 0 Å². The Labute approximate surface area is 173 Å². The molecule has 29 heavy (non-hydrogen) atoms. The van der Waals surface area contributed by atoms with Crippen molar-refractivity contribution in [1.82, 2.24) is 10.2 Å². The fraction of sp³-hybridized carbons (Fsp3) is 0.480. The lowest BCUT2D eigenvalue weighted by molar-refractivity contribution is -0.135. The van der Waals surface area contributed by atoms with E-state index in [1.54, 1.807) is 0 Å². The fourth-order valence-electron chi connectivity index (χ4n) is 4.58. The van der Waals surface area contributed by atoms with Gasteiger partial charge < -0.3 is 15.0 Å². The van der Waals surface area contributed by atoms with E-state index in [2.05, 4.69) is 35.0 Å². The van der Waals surface area contributed by atoms with Gasteiger partial charge in [-0.2, -0.15) is 0 Å². The summed E-state index contributed by atoms with van der Waals surface area (Å²) in [7, 11) is 0. The average Bonchev–Trinajstić information content (AvgIpc) is 3.25. The van der Waals surface area contributed by atoms with Gasteiger partial charge in [0.2, 0.25) is 5.91 Å². The van der Waals surface area contributed by atoms with Gasteiger partial charge in [-0.25, -0.2) is 0 Å². The van der Waals surface area contributed by atoms with Gasteiger partial charge in [0.05, 0.1) is 0 Å². The summed E-state index contributed by atoms with van der Waals surface area (Å²) in [5.74, 6) is 1.55.